The number of hydrogen-bond donors (Lipinski definition) is 0. The fourth-order valence-corrected chi connectivity index (χ4v) is 2.07. The molecule has 0 saturated carbocycles. The first-order valence-corrected chi connectivity index (χ1v) is 5.55. The van der Waals surface area contributed by atoms with Crippen LogP contribution in [0.1, 0.15) is 11.4 Å². The lowest BCUT2D eigenvalue weighted by atomic mass is 10.2. The van der Waals surface area contributed by atoms with Crippen molar-refractivity contribution in [3.8, 4) is 0 Å². The zero-order valence-electron chi connectivity index (χ0n) is 9.97. The smallest absolute Gasteiger partial charge is 0.313 e. The van der Waals surface area contributed by atoms with Crippen LogP contribution in [-0.4, -0.2) is 36.2 Å². The van der Waals surface area contributed by atoms with Crippen LogP contribution in [0.3, 0.4) is 0 Å². The summed E-state index contributed by atoms with van der Waals surface area (Å²) in [6.45, 7) is 6.11. The van der Waals surface area contributed by atoms with Crippen molar-refractivity contribution >= 4 is 11.4 Å². The standard InChI is InChI=1S/C11H15N3O3/c1-8-7-10(13-3-5-17-6-4-13)11(14(15)16)9(2)12-8/h7H,3-6H2,1-2H3. The van der Waals surface area contributed by atoms with E-state index in [1.807, 2.05) is 11.8 Å². The Bertz CT molecular complexity index is 442. The van der Waals surface area contributed by atoms with Crippen LogP contribution in [0.15, 0.2) is 6.07 Å². The minimum atomic E-state index is -0.355. The van der Waals surface area contributed by atoms with Gasteiger partial charge in [0.05, 0.1) is 18.1 Å². The summed E-state index contributed by atoms with van der Waals surface area (Å²) in [6.07, 6.45) is 0. The van der Waals surface area contributed by atoms with E-state index in [1.54, 1.807) is 13.0 Å². The predicted molar refractivity (Wildman–Crippen MR) is 63.4 cm³/mol. The molecule has 6 heteroatoms. The maximum Gasteiger partial charge on any atom is 0.313 e. The second kappa shape index (κ2) is 4.67. The highest BCUT2D eigenvalue weighted by molar-refractivity contribution is 5.65. The lowest BCUT2D eigenvalue weighted by Gasteiger charge is -2.28. The molecule has 0 N–H and O–H groups in total. The molecular formula is C11H15N3O3. The maximum atomic E-state index is 11.1. The number of morpholine rings is 1. The summed E-state index contributed by atoms with van der Waals surface area (Å²) in [5.41, 5.74) is 2.03. The number of anilines is 1. The SMILES string of the molecule is Cc1cc(N2CCOCC2)c([N+](=O)[O-])c(C)n1. The minimum absolute atomic E-state index is 0.109. The van der Waals surface area contributed by atoms with Crippen molar-refractivity contribution in [3.63, 3.8) is 0 Å². The molecule has 0 radical (unpaired) electrons. The van der Waals surface area contributed by atoms with Gasteiger partial charge in [-0.15, -0.1) is 0 Å². The molecule has 1 aliphatic rings. The van der Waals surface area contributed by atoms with Crippen molar-refractivity contribution < 1.29 is 9.66 Å². The number of nitro groups is 1. The Hall–Kier alpha value is -1.69. The first kappa shape index (κ1) is 11.8. The Kier molecular flexibility index (Phi) is 3.23. The normalized spacial score (nSPS) is 16.0. The van der Waals surface area contributed by atoms with E-state index < -0.39 is 0 Å². The van der Waals surface area contributed by atoms with Gasteiger partial charge in [0.2, 0.25) is 0 Å². The third-order valence-electron chi connectivity index (χ3n) is 2.81. The van der Waals surface area contributed by atoms with E-state index >= 15 is 0 Å². The van der Waals surface area contributed by atoms with Crippen molar-refractivity contribution in [2.24, 2.45) is 0 Å². The van der Waals surface area contributed by atoms with E-state index in [-0.39, 0.29) is 10.6 Å². The van der Waals surface area contributed by atoms with Gasteiger partial charge in [-0.3, -0.25) is 15.1 Å². The van der Waals surface area contributed by atoms with Gasteiger partial charge < -0.3 is 9.64 Å². The lowest BCUT2D eigenvalue weighted by Crippen LogP contribution is -2.36. The molecule has 0 aliphatic carbocycles. The molecule has 0 bridgehead atoms. The van der Waals surface area contributed by atoms with Crippen LogP contribution in [0.4, 0.5) is 11.4 Å². The van der Waals surface area contributed by atoms with Gasteiger partial charge in [-0.1, -0.05) is 0 Å². The molecule has 0 amide bonds. The molecule has 0 spiro atoms. The van der Waals surface area contributed by atoms with Crippen LogP contribution in [-0.2, 0) is 4.74 Å². The van der Waals surface area contributed by atoms with E-state index in [9.17, 15) is 10.1 Å². The highest BCUT2D eigenvalue weighted by Gasteiger charge is 2.24. The Morgan fingerprint density at radius 2 is 2.06 bits per heavy atom. The molecule has 0 unspecified atom stereocenters. The first-order valence-electron chi connectivity index (χ1n) is 5.55. The van der Waals surface area contributed by atoms with Crippen molar-refractivity contribution in [2.75, 3.05) is 31.2 Å². The highest BCUT2D eigenvalue weighted by atomic mass is 16.6. The van der Waals surface area contributed by atoms with Crippen molar-refractivity contribution in [2.45, 2.75) is 13.8 Å². The highest BCUT2D eigenvalue weighted by Crippen LogP contribution is 2.31. The molecule has 1 aromatic heterocycles. The monoisotopic (exact) mass is 237 g/mol. The molecule has 92 valence electrons. The number of aryl methyl sites for hydroxylation is 2. The Morgan fingerprint density at radius 1 is 1.41 bits per heavy atom. The van der Waals surface area contributed by atoms with E-state index in [1.165, 1.54) is 0 Å². The lowest BCUT2D eigenvalue weighted by molar-refractivity contribution is -0.385. The largest absolute Gasteiger partial charge is 0.378 e. The molecular weight excluding hydrogens is 222 g/mol. The number of aromatic nitrogens is 1. The second-order valence-electron chi connectivity index (χ2n) is 4.07. The average Bonchev–Trinajstić information content (AvgIpc) is 2.28. The predicted octanol–water partition coefficient (Wildman–Crippen LogP) is 1.44. The van der Waals surface area contributed by atoms with Gasteiger partial charge in [0.15, 0.2) is 0 Å². The Morgan fingerprint density at radius 3 is 2.65 bits per heavy atom. The van der Waals surface area contributed by atoms with Gasteiger partial charge in [0, 0.05) is 18.8 Å². The zero-order valence-corrected chi connectivity index (χ0v) is 9.97. The van der Waals surface area contributed by atoms with Crippen molar-refractivity contribution in [1.82, 2.24) is 4.98 Å². The molecule has 2 rings (SSSR count). The quantitative estimate of drug-likeness (QED) is 0.575. The molecule has 1 saturated heterocycles. The van der Waals surface area contributed by atoms with Gasteiger partial charge in [-0.2, -0.15) is 0 Å². The summed E-state index contributed by atoms with van der Waals surface area (Å²) in [6, 6.07) is 1.77. The second-order valence-corrected chi connectivity index (χ2v) is 4.07. The zero-order chi connectivity index (χ0) is 12.4. The van der Waals surface area contributed by atoms with E-state index in [2.05, 4.69) is 4.98 Å². The Labute approximate surface area is 99.4 Å². The number of ether oxygens (including phenoxy) is 1. The molecule has 1 aliphatic heterocycles. The topological polar surface area (TPSA) is 68.5 Å². The molecule has 17 heavy (non-hydrogen) atoms. The summed E-state index contributed by atoms with van der Waals surface area (Å²) < 4.78 is 5.25. The average molecular weight is 237 g/mol. The number of nitrogens with zero attached hydrogens (tertiary/aromatic N) is 3. The van der Waals surface area contributed by atoms with E-state index in [0.29, 0.717) is 37.7 Å². The number of pyridine rings is 1. The van der Waals surface area contributed by atoms with Gasteiger partial charge in [-0.25, -0.2) is 0 Å². The summed E-state index contributed by atoms with van der Waals surface area (Å²) in [4.78, 5) is 16.9. The van der Waals surface area contributed by atoms with Crippen LogP contribution in [0, 0.1) is 24.0 Å². The summed E-state index contributed by atoms with van der Waals surface area (Å²) in [5.74, 6) is 0. The minimum Gasteiger partial charge on any atom is -0.378 e. The Balaban J connectivity index is 2.46. The van der Waals surface area contributed by atoms with E-state index in [0.717, 1.165) is 5.69 Å². The molecule has 0 aromatic carbocycles. The first-order chi connectivity index (χ1) is 8.09. The number of rotatable bonds is 2. The third kappa shape index (κ3) is 2.36. The summed E-state index contributed by atoms with van der Waals surface area (Å²) in [7, 11) is 0. The fraction of sp³-hybridized carbons (Fsp3) is 0.545. The van der Waals surface area contributed by atoms with Crippen LogP contribution >= 0.6 is 0 Å². The van der Waals surface area contributed by atoms with E-state index in [4.69, 9.17) is 4.74 Å². The summed E-state index contributed by atoms with van der Waals surface area (Å²) >= 11 is 0. The number of hydrogen-bond acceptors (Lipinski definition) is 5. The van der Waals surface area contributed by atoms with Crippen LogP contribution in [0.25, 0.3) is 0 Å². The molecule has 1 fully saturated rings. The molecule has 1 aromatic rings. The fourth-order valence-electron chi connectivity index (χ4n) is 2.07. The molecule has 2 heterocycles. The van der Waals surface area contributed by atoms with Crippen molar-refractivity contribution in [1.29, 1.82) is 0 Å². The summed E-state index contributed by atoms with van der Waals surface area (Å²) in [5, 5.41) is 11.1. The van der Waals surface area contributed by atoms with Crippen molar-refractivity contribution in [3.05, 3.63) is 27.6 Å². The van der Waals surface area contributed by atoms with Gasteiger partial charge in [0.1, 0.15) is 11.4 Å². The van der Waals surface area contributed by atoms with Gasteiger partial charge in [-0.05, 0) is 19.9 Å². The van der Waals surface area contributed by atoms with Gasteiger partial charge in [0.25, 0.3) is 0 Å². The van der Waals surface area contributed by atoms with Crippen LogP contribution < -0.4 is 4.90 Å². The molecule has 0 atom stereocenters. The third-order valence-corrected chi connectivity index (χ3v) is 2.81. The van der Waals surface area contributed by atoms with Crippen LogP contribution in [0.5, 0.6) is 0 Å². The maximum absolute atomic E-state index is 11.1. The van der Waals surface area contributed by atoms with Gasteiger partial charge >= 0.3 is 5.69 Å². The van der Waals surface area contributed by atoms with Crippen LogP contribution in [0.2, 0.25) is 0 Å². The molecule has 6 nitrogen and oxygen atoms in total.